The molecule has 2 amide bonds. The smallest absolute Gasteiger partial charge is 0.407 e. The van der Waals surface area contributed by atoms with Crippen LogP contribution in [0.4, 0.5) is 22.2 Å². The van der Waals surface area contributed by atoms with Crippen LogP contribution in [-0.2, 0) is 19.6 Å². The first-order chi connectivity index (χ1) is 18.1. The zero-order valence-electron chi connectivity index (χ0n) is 21.4. The van der Waals surface area contributed by atoms with Crippen LogP contribution < -0.4 is 25.0 Å². The van der Waals surface area contributed by atoms with E-state index in [0.29, 0.717) is 62.4 Å². The number of nitrogens with zero attached hydrogens (tertiary/aromatic N) is 3. The average molecular weight is 545 g/mol. The summed E-state index contributed by atoms with van der Waals surface area (Å²) in [5.41, 5.74) is -0.525. The van der Waals surface area contributed by atoms with Gasteiger partial charge in [-0.25, -0.2) is 22.9 Å². The monoisotopic (exact) mass is 544 g/mol. The van der Waals surface area contributed by atoms with Crippen molar-refractivity contribution in [3.63, 3.8) is 0 Å². The number of anilines is 3. The lowest BCUT2D eigenvalue weighted by Gasteiger charge is -2.40. The van der Waals surface area contributed by atoms with E-state index in [1.54, 1.807) is 30.9 Å². The Hall–Kier alpha value is -3.45. The third-order valence-corrected chi connectivity index (χ3v) is 8.37. The van der Waals surface area contributed by atoms with Crippen LogP contribution in [0.1, 0.15) is 52.4 Å². The van der Waals surface area contributed by atoms with Crippen LogP contribution in [0, 0.1) is 0 Å². The van der Waals surface area contributed by atoms with Gasteiger partial charge in [-0.3, -0.25) is 9.69 Å². The highest BCUT2D eigenvalue weighted by molar-refractivity contribution is 7.89. The maximum Gasteiger partial charge on any atom is 0.407 e. The van der Waals surface area contributed by atoms with Crippen molar-refractivity contribution in [1.29, 1.82) is 0 Å². The van der Waals surface area contributed by atoms with Gasteiger partial charge in [0.25, 0.3) is 5.91 Å². The third-order valence-electron chi connectivity index (χ3n) is 6.89. The second kappa shape index (κ2) is 10.4. The van der Waals surface area contributed by atoms with E-state index < -0.39 is 21.7 Å². The number of amides is 2. The Morgan fingerprint density at radius 3 is 2.61 bits per heavy atom. The molecule has 38 heavy (non-hydrogen) atoms. The Morgan fingerprint density at radius 1 is 1.05 bits per heavy atom. The van der Waals surface area contributed by atoms with Crippen LogP contribution in [-0.4, -0.2) is 61.2 Å². The summed E-state index contributed by atoms with van der Waals surface area (Å²) < 4.78 is 39.4. The molecule has 6 rings (SSSR count). The predicted molar refractivity (Wildman–Crippen MR) is 139 cm³/mol. The largest absolute Gasteiger partial charge is 0.472 e. The average Bonchev–Trinajstić information content (AvgIpc) is 3.32. The summed E-state index contributed by atoms with van der Waals surface area (Å²) in [5, 5.41) is 5.83. The lowest BCUT2D eigenvalue weighted by atomic mass is 10.0. The van der Waals surface area contributed by atoms with Gasteiger partial charge in [-0.2, -0.15) is 4.98 Å². The van der Waals surface area contributed by atoms with Crippen molar-refractivity contribution < 1.29 is 27.5 Å². The van der Waals surface area contributed by atoms with Crippen molar-refractivity contribution in [3.05, 3.63) is 30.5 Å². The van der Waals surface area contributed by atoms with Gasteiger partial charge in [-0.05, 0) is 63.8 Å². The molecule has 0 radical (unpaired) electrons. The number of nitrogens with one attached hydrogen (secondary N) is 3. The van der Waals surface area contributed by atoms with Crippen molar-refractivity contribution in [2.45, 2.75) is 75.0 Å². The summed E-state index contributed by atoms with van der Waals surface area (Å²) in [4.78, 5) is 36.5. The Morgan fingerprint density at radius 2 is 1.82 bits per heavy atom. The van der Waals surface area contributed by atoms with E-state index in [0.717, 1.165) is 6.42 Å². The molecule has 2 atom stereocenters. The Bertz CT molecular complexity index is 1320. The van der Waals surface area contributed by atoms with Crippen LogP contribution in [0.3, 0.4) is 0 Å². The summed E-state index contributed by atoms with van der Waals surface area (Å²) in [6.45, 7) is 4.13. The fourth-order valence-corrected chi connectivity index (χ4v) is 5.99. The van der Waals surface area contributed by atoms with Gasteiger partial charge in [-0.15, -0.1) is 0 Å². The fraction of sp³-hybridized carbons (Fsp3) is 0.520. The lowest BCUT2D eigenvalue weighted by molar-refractivity contribution is -0.133. The van der Waals surface area contributed by atoms with E-state index >= 15 is 0 Å². The minimum Gasteiger partial charge on any atom is -0.472 e. The molecule has 3 aliphatic heterocycles. The minimum absolute atomic E-state index is 0.143. The van der Waals surface area contributed by atoms with Gasteiger partial charge in [0.1, 0.15) is 6.10 Å². The van der Waals surface area contributed by atoms with Crippen LogP contribution in [0.5, 0.6) is 5.75 Å². The molecule has 4 aliphatic rings. The van der Waals surface area contributed by atoms with Gasteiger partial charge in [0, 0.05) is 31.2 Å². The Kier molecular flexibility index (Phi) is 7.14. The highest BCUT2D eigenvalue weighted by Gasteiger charge is 2.47. The number of carbonyl (C=O) groups is 2. The van der Waals surface area contributed by atoms with Crippen molar-refractivity contribution in [2.75, 3.05) is 23.3 Å². The minimum atomic E-state index is -3.66. The van der Waals surface area contributed by atoms with E-state index in [2.05, 4.69) is 25.3 Å². The number of hydrogen-bond acceptors (Lipinski definition) is 9. The highest BCUT2D eigenvalue weighted by atomic mass is 32.2. The number of hydrogen-bond donors (Lipinski definition) is 3. The van der Waals surface area contributed by atoms with Crippen LogP contribution in [0.2, 0.25) is 0 Å². The van der Waals surface area contributed by atoms with Gasteiger partial charge in [-0.1, -0.05) is 6.42 Å². The fourth-order valence-electron chi connectivity index (χ4n) is 4.92. The van der Waals surface area contributed by atoms with E-state index in [1.165, 1.54) is 18.3 Å². The van der Waals surface area contributed by atoms with Crippen LogP contribution in [0.15, 0.2) is 35.4 Å². The second-order valence-electron chi connectivity index (χ2n) is 10.2. The molecule has 2 aromatic rings. The van der Waals surface area contributed by atoms with E-state index in [4.69, 9.17) is 9.47 Å². The number of ether oxygens (including phenoxy) is 2. The number of carbonyl (C=O) groups excluding carboxylic acids is 2. The first-order valence-corrected chi connectivity index (χ1v) is 14.3. The first-order valence-electron chi connectivity index (χ1n) is 12.8. The molecule has 13 heteroatoms. The maximum absolute atomic E-state index is 13.5. The van der Waals surface area contributed by atoms with Gasteiger partial charge >= 0.3 is 6.09 Å². The Labute approximate surface area is 221 Å². The predicted octanol–water partition coefficient (Wildman–Crippen LogP) is 2.83. The molecule has 0 saturated heterocycles. The SMILES string of the molecule is CC1(C)Oc2cnc3nc2N(C1=O)[C@H]1CC[C@@H](C1)OC(=O)NCCCCCNS(=O)(=O)c1ccc(cc1)N3. The zero-order valence-corrected chi connectivity index (χ0v) is 22.2. The molecule has 1 aliphatic carbocycles. The van der Waals surface area contributed by atoms with E-state index in [1.807, 2.05) is 0 Å². The number of rotatable bonds is 0. The molecule has 1 aromatic heterocycles. The molecule has 0 unspecified atom stereocenters. The molecule has 1 fully saturated rings. The Balaban J connectivity index is 1.46. The summed E-state index contributed by atoms with van der Waals surface area (Å²) in [7, 11) is -3.66. The van der Waals surface area contributed by atoms with Crippen molar-refractivity contribution in [1.82, 2.24) is 20.0 Å². The topological polar surface area (TPSA) is 152 Å². The van der Waals surface area contributed by atoms with Crippen LogP contribution >= 0.6 is 0 Å². The van der Waals surface area contributed by atoms with Crippen molar-refractivity contribution >= 4 is 39.5 Å². The maximum atomic E-state index is 13.5. The number of sulfonamides is 1. The summed E-state index contributed by atoms with van der Waals surface area (Å²) >= 11 is 0. The highest BCUT2D eigenvalue weighted by Crippen LogP contribution is 2.41. The van der Waals surface area contributed by atoms with Crippen molar-refractivity contribution in [2.24, 2.45) is 0 Å². The summed E-state index contributed by atoms with van der Waals surface area (Å²) in [5.74, 6) is 0.712. The molecular formula is C25H32N6O6S. The van der Waals surface area contributed by atoms with Gasteiger partial charge in [0.2, 0.25) is 16.0 Å². The number of fused-ring (bicyclic) bond motifs is 11. The van der Waals surface area contributed by atoms with E-state index in [9.17, 15) is 18.0 Å². The standard InChI is InChI=1S/C25H32N6O6S/c1-25(2)22(32)31-17-8-9-18(14-17)36-24(33)26-12-4-3-5-13-28-38(34,35)19-10-6-16(7-11-19)29-23-27-15-20(37-25)21(31)30-23/h6-7,10-11,15,17-18,28H,3-5,8-9,12-14H2,1-2H3,(H,26,33)(H,27,29,30)/t17-,18-/m0/s1. The molecule has 12 nitrogen and oxygen atoms in total. The summed E-state index contributed by atoms with van der Waals surface area (Å²) in [6, 6.07) is 6.05. The number of aromatic nitrogens is 2. The van der Waals surface area contributed by atoms with E-state index in [-0.39, 0.29) is 28.9 Å². The molecule has 1 saturated carbocycles. The lowest BCUT2D eigenvalue weighted by Crippen LogP contribution is -2.56. The van der Waals surface area contributed by atoms with Crippen molar-refractivity contribution in [3.8, 4) is 5.75 Å². The van der Waals surface area contributed by atoms with Crippen LogP contribution in [0.25, 0.3) is 0 Å². The molecule has 6 bridgehead atoms. The quantitative estimate of drug-likeness (QED) is 0.455. The molecule has 4 heterocycles. The molecular weight excluding hydrogens is 512 g/mol. The number of alkyl carbamates (subject to hydrolysis) is 1. The molecule has 204 valence electrons. The van der Waals surface area contributed by atoms with Gasteiger partial charge < -0.3 is 20.1 Å². The molecule has 3 N–H and O–H groups in total. The molecule has 1 aromatic carbocycles. The second-order valence-corrected chi connectivity index (χ2v) is 12.0. The third kappa shape index (κ3) is 5.53. The zero-order chi connectivity index (χ0) is 26.9. The molecule has 0 spiro atoms. The number of benzene rings is 1. The van der Waals surface area contributed by atoms with Gasteiger partial charge in [0.05, 0.1) is 11.1 Å². The normalized spacial score (nSPS) is 25.2. The summed E-state index contributed by atoms with van der Waals surface area (Å²) in [6.07, 6.45) is 4.53. The van der Waals surface area contributed by atoms with Gasteiger partial charge in [0.15, 0.2) is 17.2 Å². The first kappa shape index (κ1) is 26.2.